The summed E-state index contributed by atoms with van der Waals surface area (Å²) in [6.45, 7) is 4.24. The number of aliphatic carboxylic acids is 1. The maximum absolute atomic E-state index is 10.6. The lowest BCUT2D eigenvalue weighted by Crippen LogP contribution is -2.19. The van der Waals surface area contributed by atoms with E-state index in [0.717, 1.165) is 30.4 Å². The van der Waals surface area contributed by atoms with Crippen LogP contribution in [0.1, 0.15) is 18.9 Å². The van der Waals surface area contributed by atoms with Crippen LogP contribution in [0.3, 0.4) is 0 Å². The standard InChI is InChI=1S/C14H16ClNO2/c1-10-6-7-16(9-10)13-4-3-12(15)8-11(13)2-5-14(17)18/h2-5,8,10H,6-7,9H2,1H3,(H,17,18)/b5-2+. The van der Waals surface area contributed by atoms with Crippen molar-refractivity contribution in [3.8, 4) is 0 Å². The Bertz CT molecular complexity index is 485. The molecule has 0 aromatic heterocycles. The second kappa shape index (κ2) is 5.44. The van der Waals surface area contributed by atoms with E-state index in [1.54, 1.807) is 12.1 Å². The van der Waals surface area contributed by atoms with Crippen molar-refractivity contribution in [3.63, 3.8) is 0 Å². The Balaban J connectivity index is 2.31. The summed E-state index contributed by atoms with van der Waals surface area (Å²) in [5.41, 5.74) is 1.92. The smallest absolute Gasteiger partial charge is 0.328 e. The lowest BCUT2D eigenvalue weighted by atomic mass is 10.1. The first kappa shape index (κ1) is 13.0. The van der Waals surface area contributed by atoms with Crippen LogP contribution in [0.2, 0.25) is 5.02 Å². The molecule has 0 saturated carbocycles. The normalized spacial score (nSPS) is 19.7. The number of nitrogens with zero attached hydrogens (tertiary/aromatic N) is 1. The highest BCUT2D eigenvalue weighted by Gasteiger charge is 2.20. The van der Waals surface area contributed by atoms with Gasteiger partial charge in [0.05, 0.1) is 0 Å². The second-order valence-corrected chi connectivity index (χ2v) is 5.15. The molecule has 1 N–H and O–H groups in total. The van der Waals surface area contributed by atoms with Crippen LogP contribution in [0.15, 0.2) is 24.3 Å². The first-order chi connectivity index (χ1) is 8.56. The molecular formula is C14H16ClNO2. The van der Waals surface area contributed by atoms with Crippen molar-refractivity contribution in [1.29, 1.82) is 0 Å². The molecule has 1 fully saturated rings. The third-order valence-corrected chi connectivity index (χ3v) is 3.39. The summed E-state index contributed by atoms with van der Waals surface area (Å²) in [7, 11) is 0. The van der Waals surface area contributed by atoms with E-state index in [0.29, 0.717) is 10.9 Å². The van der Waals surface area contributed by atoms with Crippen LogP contribution < -0.4 is 4.90 Å². The van der Waals surface area contributed by atoms with Crippen molar-refractivity contribution in [2.45, 2.75) is 13.3 Å². The van der Waals surface area contributed by atoms with Crippen LogP contribution in [0.25, 0.3) is 6.08 Å². The van der Waals surface area contributed by atoms with Crippen LogP contribution in [-0.2, 0) is 4.79 Å². The topological polar surface area (TPSA) is 40.5 Å². The molecule has 3 nitrogen and oxygen atoms in total. The van der Waals surface area contributed by atoms with Crippen molar-refractivity contribution in [1.82, 2.24) is 0 Å². The maximum Gasteiger partial charge on any atom is 0.328 e. The van der Waals surface area contributed by atoms with Gasteiger partial charge in [-0.2, -0.15) is 0 Å². The number of hydrogen-bond acceptors (Lipinski definition) is 2. The van der Waals surface area contributed by atoms with Crippen molar-refractivity contribution in [3.05, 3.63) is 34.9 Å². The van der Waals surface area contributed by atoms with Crippen LogP contribution >= 0.6 is 11.6 Å². The summed E-state index contributed by atoms with van der Waals surface area (Å²) in [6.07, 6.45) is 3.92. The highest BCUT2D eigenvalue weighted by molar-refractivity contribution is 6.30. The van der Waals surface area contributed by atoms with Crippen LogP contribution in [0.5, 0.6) is 0 Å². The summed E-state index contributed by atoms with van der Waals surface area (Å²) < 4.78 is 0. The van der Waals surface area contributed by atoms with Gasteiger partial charge >= 0.3 is 5.97 Å². The van der Waals surface area contributed by atoms with E-state index in [2.05, 4.69) is 11.8 Å². The minimum absolute atomic E-state index is 0.621. The van der Waals surface area contributed by atoms with Gasteiger partial charge in [-0.3, -0.25) is 0 Å². The zero-order valence-electron chi connectivity index (χ0n) is 10.3. The highest BCUT2D eigenvalue weighted by Crippen LogP contribution is 2.29. The van der Waals surface area contributed by atoms with E-state index >= 15 is 0 Å². The number of carbonyl (C=O) groups is 1. The van der Waals surface area contributed by atoms with Crippen LogP contribution in [-0.4, -0.2) is 24.2 Å². The number of hydrogen-bond donors (Lipinski definition) is 1. The van der Waals surface area contributed by atoms with Gasteiger partial charge in [-0.25, -0.2) is 4.79 Å². The molecule has 1 aliphatic rings. The molecule has 18 heavy (non-hydrogen) atoms. The lowest BCUT2D eigenvalue weighted by Gasteiger charge is -2.20. The molecule has 1 heterocycles. The van der Waals surface area contributed by atoms with E-state index in [1.165, 1.54) is 6.42 Å². The largest absolute Gasteiger partial charge is 0.478 e. The summed E-state index contributed by atoms with van der Waals surface area (Å²) in [5, 5.41) is 9.33. The predicted molar refractivity (Wildman–Crippen MR) is 74.1 cm³/mol. The summed E-state index contributed by atoms with van der Waals surface area (Å²) >= 11 is 5.97. The van der Waals surface area contributed by atoms with Crippen molar-refractivity contribution in [2.24, 2.45) is 5.92 Å². The number of benzene rings is 1. The molecule has 1 unspecified atom stereocenters. The molecule has 1 aliphatic heterocycles. The Morgan fingerprint density at radius 1 is 1.56 bits per heavy atom. The Morgan fingerprint density at radius 2 is 2.33 bits per heavy atom. The van der Waals surface area contributed by atoms with Crippen molar-refractivity contribution >= 4 is 29.3 Å². The Hall–Kier alpha value is -1.48. The summed E-state index contributed by atoms with van der Waals surface area (Å²) in [6, 6.07) is 5.61. The van der Waals surface area contributed by atoms with Crippen LogP contribution in [0.4, 0.5) is 5.69 Å². The first-order valence-electron chi connectivity index (χ1n) is 6.02. The molecule has 0 spiro atoms. The minimum Gasteiger partial charge on any atom is -0.478 e. The molecule has 0 amide bonds. The predicted octanol–water partition coefficient (Wildman–Crippen LogP) is 3.28. The molecule has 0 aliphatic carbocycles. The molecule has 1 atom stereocenters. The molecule has 4 heteroatoms. The molecule has 1 aromatic carbocycles. The molecule has 0 radical (unpaired) electrons. The van der Waals surface area contributed by atoms with E-state index in [4.69, 9.17) is 16.7 Å². The van der Waals surface area contributed by atoms with Gasteiger partial charge in [0.2, 0.25) is 0 Å². The second-order valence-electron chi connectivity index (χ2n) is 4.71. The zero-order chi connectivity index (χ0) is 13.1. The third-order valence-electron chi connectivity index (χ3n) is 3.16. The molecule has 1 aromatic rings. The average Bonchev–Trinajstić information content (AvgIpc) is 2.73. The van der Waals surface area contributed by atoms with Crippen LogP contribution in [0, 0.1) is 5.92 Å². The number of rotatable bonds is 3. The van der Waals surface area contributed by atoms with Gasteiger partial charge < -0.3 is 10.0 Å². The van der Waals surface area contributed by atoms with Gasteiger partial charge in [-0.05, 0) is 42.2 Å². The van der Waals surface area contributed by atoms with Gasteiger partial charge in [0.25, 0.3) is 0 Å². The number of carboxylic acid groups (broad SMARTS) is 1. The summed E-state index contributed by atoms with van der Waals surface area (Å²) in [5.74, 6) is -0.271. The number of halogens is 1. The monoisotopic (exact) mass is 265 g/mol. The van der Waals surface area contributed by atoms with Gasteiger partial charge in [0, 0.05) is 29.9 Å². The van der Waals surface area contributed by atoms with E-state index in [1.807, 2.05) is 12.1 Å². The number of anilines is 1. The minimum atomic E-state index is -0.948. The fourth-order valence-corrected chi connectivity index (χ4v) is 2.44. The van der Waals surface area contributed by atoms with Crippen molar-refractivity contribution < 1.29 is 9.90 Å². The quantitative estimate of drug-likeness (QED) is 0.853. The lowest BCUT2D eigenvalue weighted by molar-refractivity contribution is -0.131. The Kier molecular flexibility index (Phi) is 3.92. The molecule has 1 saturated heterocycles. The molecule has 96 valence electrons. The van der Waals surface area contributed by atoms with E-state index in [9.17, 15) is 4.79 Å². The van der Waals surface area contributed by atoms with Crippen molar-refractivity contribution in [2.75, 3.05) is 18.0 Å². The van der Waals surface area contributed by atoms with E-state index < -0.39 is 5.97 Å². The van der Waals surface area contributed by atoms with E-state index in [-0.39, 0.29) is 0 Å². The van der Waals surface area contributed by atoms with Gasteiger partial charge in [0.15, 0.2) is 0 Å². The average molecular weight is 266 g/mol. The number of carboxylic acids is 1. The molecule has 2 rings (SSSR count). The van der Waals surface area contributed by atoms with Gasteiger partial charge in [-0.1, -0.05) is 18.5 Å². The zero-order valence-corrected chi connectivity index (χ0v) is 11.0. The maximum atomic E-state index is 10.6. The Labute approximate surface area is 112 Å². The highest BCUT2D eigenvalue weighted by atomic mass is 35.5. The fraction of sp³-hybridized carbons (Fsp3) is 0.357. The van der Waals surface area contributed by atoms with Gasteiger partial charge in [-0.15, -0.1) is 0 Å². The molecule has 0 bridgehead atoms. The first-order valence-corrected chi connectivity index (χ1v) is 6.39. The SMILES string of the molecule is CC1CCN(c2ccc(Cl)cc2/C=C/C(=O)O)C1. The fourth-order valence-electron chi connectivity index (χ4n) is 2.26. The molecular weight excluding hydrogens is 250 g/mol. The third kappa shape index (κ3) is 3.05. The summed E-state index contributed by atoms with van der Waals surface area (Å²) in [4.78, 5) is 12.9. The Morgan fingerprint density at radius 3 is 2.94 bits per heavy atom. The van der Waals surface area contributed by atoms with Gasteiger partial charge in [0.1, 0.15) is 0 Å².